The highest BCUT2D eigenvalue weighted by Gasteiger charge is 2.21. The van der Waals surface area contributed by atoms with Crippen LogP contribution in [0.15, 0.2) is 42.7 Å². The Bertz CT molecular complexity index is 885. The molecule has 0 saturated carbocycles. The lowest BCUT2D eigenvalue weighted by molar-refractivity contribution is 0.189. The Labute approximate surface area is 152 Å². The van der Waals surface area contributed by atoms with Crippen molar-refractivity contribution in [2.75, 3.05) is 13.7 Å². The van der Waals surface area contributed by atoms with Crippen molar-refractivity contribution in [1.82, 2.24) is 24.5 Å². The van der Waals surface area contributed by atoms with Crippen LogP contribution in [-0.4, -0.2) is 43.2 Å². The summed E-state index contributed by atoms with van der Waals surface area (Å²) in [6, 6.07) is 9.99. The van der Waals surface area contributed by atoms with Crippen LogP contribution in [0, 0.1) is 0 Å². The predicted octanol–water partition coefficient (Wildman–Crippen LogP) is 2.15. The number of fused-ring (bicyclic) bond motifs is 1. The molecule has 0 bridgehead atoms. The van der Waals surface area contributed by atoms with E-state index in [-0.39, 0.29) is 0 Å². The predicted molar refractivity (Wildman–Crippen MR) is 97.1 cm³/mol. The third-order valence-corrected chi connectivity index (χ3v) is 4.76. The molecule has 3 aromatic rings. The number of aliphatic hydroxyl groups is 1. The molecule has 4 rings (SSSR count). The Morgan fingerprint density at radius 1 is 1.27 bits per heavy atom. The molecule has 0 fully saturated rings. The van der Waals surface area contributed by atoms with E-state index in [4.69, 9.17) is 4.74 Å². The van der Waals surface area contributed by atoms with E-state index in [2.05, 4.69) is 21.2 Å². The second kappa shape index (κ2) is 6.93. The maximum atomic E-state index is 9.76. The minimum absolute atomic E-state index is 0.536. The van der Waals surface area contributed by atoms with Gasteiger partial charge in [-0.05, 0) is 42.8 Å². The Morgan fingerprint density at radius 3 is 2.88 bits per heavy atom. The van der Waals surface area contributed by atoms with E-state index in [0.717, 1.165) is 54.6 Å². The van der Waals surface area contributed by atoms with Gasteiger partial charge in [-0.1, -0.05) is 0 Å². The molecular formula is C19H23N5O2. The van der Waals surface area contributed by atoms with E-state index in [9.17, 15) is 5.11 Å². The van der Waals surface area contributed by atoms with Gasteiger partial charge in [0.2, 0.25) is 0 Å². The quantitative estimate of drug-likeness (QED) is 0.761. The van der Waals surface area contributed by atoms with Gasteiger partial charge in [-0.15, -0.1) is 0 Å². The monoisotopic (exact) mass is 353 g/mol. The highest BCUT2D eigenvalue weighted by atomic mass is 16.5. The van der Waals surface area contributed by atoms with Gasteiger partial charge in [0, 0.05) is 32.0 Å². The summed E-state index contributed by atoms with van der Waals surface area (Å²) >= 11 is 0. The van der Waals surface area contributed by atoms with E-state index in [1.165, 1.54) is 0 Å². The minimum Gasteiger partial charge on any atom is -0.497 e. The molecule has 1 atom stereocenters. The summed E-state index contributed by atoms with van der Waals surface area (Å²) < 4.78 is 9.29. The van der Waals surface area contributed by atoms with Crippen LogP contribution >= 0.6 is 0 Å². The summed E-state index contributed by atoms with van der Waals surface area (Å²) in [6.45, 7) is 5.07. The molecule has 136 valence electrons. The Morgan fingerprint density at radius 2 is 2.15 bits per heavy atom. The van der Waals surface area contributed by atoms with Gasteiger partial charge < -0.3 is 9.84 Å². The van der Waals surface area contributed by atoms with Gasteiger partial charge in [0.1, 0.15) is 5.75 Å². The first kappa shape index (κ1) is 16.8. The van der Waals surface area contributed by atoms with Crippen molar-refractivity contribution in [3.63, 3.8) is 0 Å². The summed E-state index contributed by atoms with van der Waals surface area (Å²) in [5.74, 6) is 0.842. The fourth-order valence-corrected chi connectivity index (χ4v) is 3.37. The molecule has 1 N–H and O–H groups in total. The topological polar surface area (TPSA) is 68.3 Å². The number of rotatable bonds is 5. The van der Waals surface area contributed by atoms with Crippen LogP contribution < -0.4 is 4.74 Å². The SMILES string of the molecule is COc1ccc(-n2cccn2)c(CN2CCn3nc(C(C)O)cc3C2)c1. The molecule has 0 radical (unpaired) electrons. The van der Waals surface area contributed by atoms with Crippen LogP contribution in [0.4, 0.5) is 0 Å². The molecule has 1 unspecified atom stereocenters. The van der Waals surface area contributed by atoms with Gasteiger partial charge in [0.05, 0.1) is 36.8 Å². The molecule has 3 heterocycles. The third-order valence-electron chi connectivity index (χ3n) is 4.76. The number of methoxy groups -OCH3 is 1. The fraction of sp³-hybridized carbons (Fsp3) is 0.368. The first-order chi connectivity index (χ1) is 12.6. The lowest BCUT2D eigenvalue weighted by atomic mass is 10.1. The molecule has 7 heteroatoms. The van der Waals surface area contributed by atoms with Crippen molar-refractivity contribution in [2.45, 2.75) is 32.7 Å². The average Bonchev–Trinajstić information content (AvgIpc) is 3.31. The molecule has 26 heavy (non-hydrogen) atoms. The zero-order valence-corrected chi connectivity index (χ0v) is 15.0. The normalized spacial score (nSPS) is 15.7. The molecule has 0 aliphatic carbocycles. The van der Waals surface area contributed by atoms with Crippen LogP contribution in [0.5, 0.6) is 5.75 Å². The molecule has 2 aromatic heterocycles. The van der Waals surface area contributed by atoms with Gasteiger partial charge in [0.15, 0.2) is 0 Å². The fourth-order valence-electron chi connectivity index (χ4n) is 3.37. The van der Waals surface area contributed by atoms with Crippen molar-refractivity contribution < 1.29 is 9.84 Å². The molecule has 1 aliphatic heterocycles. The number of hydrogen-bond donors (Lipinski definition) is 1. The molecular weight excluding hydrogens is 330 g/mol. The van der Waals surface area contributed by atoms with Gasteiger partial charge in [0.25, 0.3) is 0 Å². The second-order valence-electron chi connectivity index (χ2n) is 6.62. The summed E-state index contributed by atoms with van der Waals surface area (Å²) in [7, 11) is 1.68. The zero-order chi connectivity index (χ0) is 18.1. The maximum absolute atomic E-state index is 9.76. The lowest BCUT2D eigenvalue weighted by Crippen LogP contribution is -2.33. The molecule has 7 nitrogen and oxygen atoms in total. The van der Waals surface area contributed by atoms with Gasteiger partial charge in [-0.3, -0.25) is 9.58 Å². The second-order valence-corrected chi connectivity index (χ2v) is 6.62. The number of ether oxygens (including phenoxy) is 1. The van der Waals surface area contributed by atoms with Gasteiger partial charge in [-0.25, -0.2) is 4.68 Å². The number of aromatic nitrogens is 4. The lowest BCUT2D eigenvalue weighted by Gasteiger charge is -2.28. The van der Waals surface area contributed by atoms with Crippen molar-refractivity contribution in [2.24, 2.45) is 0 Å². The number of hydrogen-bond acceptors (Lipinski definition) is 5. The van der Waals surface area contributed by atoms with Crippen LogP contribution in [0.1, 0.15) is 30.0 Å². The minimum atomic E-state index is -0.536. The number of aliphatic hydroxyl groups excluding tert-OH is 1. The highest BCUT2D eigenvalue weighted by Crippen LogP contribution is 2.25. The van der Waals surface area contributed by atoms with E-state index >= 15 is 0 Å². The zero-order valence-electron chi connectivity index (χ0n) is 15.0. The van der Waals surface area contributed by atoms with Crippen molar-refractivity contribution in [3.05, 3.63) is 59.7 Å². The summed E-state index contributed by atoms with van der Waals surface area (Å²) in [5.41, 5.74) is 4.09. The van der Waals surface area contributed by atoms with Crippen LogP contribution in [0.2, 0.25) is 0 Å². The molecule has 1 aliphatic rings. The standard InChI is InChI=1S/C19H23N5O2/c1-14(25)18-11-16-13-22(8-9-23(16)21-18)12-15-10-17(26-2)4-5-19(15)24-7-3-6-20-24/h3-7,10-11,14,25H,8-9,12-13H2,1-2H3. The van der Waals surface area contributed by atoms with E-state index in [0.29, 0.717) is 0 Å². The largest absolute Gasteiger partial charge is 0.497 e. The number of nitrogens with zero attached hydrogens (tertiary/aromatic N) is 5. The van der Waals surface area contributed by atoms with Crippen molar-refractivity contribution in [3.8, 4) is 11.4 Å². The summed E-state index contributed by atoms with van der Waals surface area (Å²) in [4.78, 5) is 2.38. The smallest absolute Gasteiger partial charge is 0.119 e. The Hall–Kier alpha value is -2.64. The van der Waals surface area contributed by atoms with Gasteiger partial charge in [-0.2, -0.15) is 10.2 Å². The van der Waals surface area contributed by atoms with Crippen molar-refractivity contribution in [1.29, 1.82) is 0 Å². The molecule has 0 amide bonds. The molecule has 0 spiro atoms. The van der Waals surface area contributed by atoms with E-state index in [1.54, 1.807) is 20.2 Å². The Balaban J connectivity index is 1.59. The Kier molecular flexibility index (Phi) is 4.48. The van der Waals surface area contributed by atoms with E-state index in [1.807, 2.05) is 39.8 Å². The summed E-state index contributed by atoms with van der Waals surface area (Å²) in [5, 5.41) is 18.6. The molecule has 0 saturated heterocycles. The third kappa shape index (κ3) is 3.23. The van der Waals surface area contributed by atoms with Gasteiger partial charge >= 0.3 is 0 Å². The molecule has 1 aromatic carbocycles. The maximum Gasteiger partial charge on any atom is 0.119 e. The van der Waals surface area contributed by atoms with Crippen molar-refractivity contribution >= 4 is 0 Å². The number of benzene rings is 1. The van der Waals surface area contributed by atoms with Crippen LogP contribution in [0.3, 0.4) is 0 Å². The van der Waals surface area contributed by atoms with Crippen LogP contribution in [-0.2, 0) is 19.6 Å². The average molecular weight is 353 g/mol. The highest BCUT2D eigenvalue weighted by molar-refractivity contribution is 5.45. The summed E-state index contributed by atoms with van der Waals surface area (Å²) in [6.07, 6.45) is 3.20. The van der Waals surface area contributed by atoms with Crippen LogP contribution in [0.25, 0.3) is 5.69 Å². The van der Waals surface area contributed by atoms with E-state index < -0.39 is 6.10 Å². The first-order valence-corrected chi connectivity index (χ1v) is 8.78. The first-order valence-electron chi connectivity index (χ1n) is 8.78.